The summed E-state index contributed by atoms with van der Waals surface area (Å²) >= 11 is 0. The Kier molecular flexibility index (Phi) is 5.65. The zero-order valence-corrected chi connectivity index (χ0v) is 14.4. The molecule has 2 aromatic carbocycles. The van der Waals surface area contributed by atoms with Crippen molar-refractivity contribution in [1.82, 2.24) is 14.8 Å². The lowest BCUT2D eigenvalue weighted by molar-refractivity contribution is -0.274. The van der Waals surface area contributed by atoms with Gasteiger partial charge in [-0.3, -0.25) is 4.79 Å². The van der Waals surface area contributed by atoms with Crippen LogP contribution in [0.5, 0.6) is 11.5 Å². The van der Waals surface area contributed by atoms with Gasteiger partial charge in [0.2, 0.25) is 0 Å². The molecule has 3 aromatic rings. The Morgan fingerprint density at radius 3 is 2.38 bits per heavy atom. The van der Waals surface area contributed by atoms with Gasteiger partial charge in [-0.05, 0) is 59.2 Å². The first-order valence-electron chi connectivity index (χ1n) is 7.93. The highest BCUT2D eigenvalue weighted by atomic mass is 19.4. The molecule has 0 saturated carbocycles. The predicted molar refractivity (Wildman–Crippen MR) is 93.1 cm³/mol. The van der Waals surface area contributed by atoms with Gasteiger partial charge in [0, 0.05) is 10.5 Å². The Bertz CT molecular complexity index is 1040. The number of rotatable bonds is 6. The van der Waals surface area contributed by atoms with Gasteiger partial charge in [-0.2, -0.15) is 0 Å². The van der Waals surface area contributed by atoms with Gasteiger partial charge in [-0.15, -0.1) is 18.3 Å². The molecule has 1 heterocycles. The van der Waals surface area contributed by atoms with Crippen molar-refractivity contribution in [1.29, 1.82) is 0 Å². The average Bonchev–Trinajstić information content (AvgIpc) is 3.16. The van der Waals surface area contributed by atoms with Crippen molar-refractivity contribution >= 4 is 5.91 Å². The van der Waals surface area contributed by atoms with E-state index in [1.54, 1.807) is 24.3 Å². The molecule has 0 unspecified atom stereocenters. The van der Waals surface area contributed by atoms with Crippen LogP contribution in [-0.2, 0) is 4.79 Å². The molecule has 0 radical (unpaired) electrons. The van der Waals surface area contributed by atoms with Crippen molar-refractivity contribution in [2.24, 2.45) is 5.11 Å². The number of alkyl halides is 3. The normalized spacial score (nSPS) is 10.9. The summed E-state index contributed by atoms with van der Waals surface area (Å²) in [4.78, 5) is 17.6. The minimum atomic E-state index is -4.76. The quantitative estimate of drug-likeness (QED) is 0.349. The number of hydrogen-bond donors (Lipinski definition) is 0. The third kappa shape index (κ3) is 5.47. The molecule has 12 heteroatoms. The van der Waals surface area contributed by atoms with Crippen molar-refractivity contribution in [3.05, 3.63) is 65.3 Å². The summed E-state index contributed by atoms with van der Waals surface area (Å²) in [6, 6.07) is 11.7. The van der Waals surface area contributed by atoms with Gasteiger partial charge in [0.1, 0.15) is 17.8 Å². The van der Waals surface area contributed by atoms with E-state index in [-0.39, 0.29) is 12.4 Å². The van der Waals surface area contributed by atoms with Crippen LogP contribution in [0.2, 0.25) is 0 Å². The Morgan fingerprint density at radius 2 is 1.76 bits per heavy atom. The predicted octanol–water partition coefficient (Wildman–Crippen LogP) is 4.05. The first kappa shape index (κ1) is 19.7. The standard InChI is InChI=1S/C17H11F3N6O3/c18-17(19,20)29-14-7-3-12(4-8-14)26-10-22-16(24-26)11-1-5-13(6-2-11)28-9-15(27)23-25-21/h1-8,10H,9H2. The molecule has 9 nitrogen and oxygen atoms in total. The van der Waals surface area contributed by atoms with E-state index in [2.05, 4.69) is 24.8 Å². The van der Waals surface area contributed by atoms with Crippen molar-refractivity contribution in [3.8, 4) is 28.6 Å². The first-order valence-corrected chi connectivity index (χ1v) is 7.93. The van der Waals surface area contributed by atoms with Crippen LogP contribution in [0.15, 0.2) is 60.0 Å². The summed E-state index contributed by atoms with van der Waals surface area (Å²) in [5.41, 5.74) is 9.30. The molecule has 0 aliphatic heterocycles. The van der Waals surface area contributed by atoms with Crippen LogP contribution in [0.4, 0.5) is 13.2 Å². The number of hydrogen-bond acceptors (Lipinski definition) is 5. The molecule has 0 N–H and O–H groups in total. The van der Waals surface area contributed by atoms with Crippen LogP contribution in [0.25, 0.3) is 27.5 Å². The number of carbonyl (C=O) groups is 1. The fourth-order valence-corrected chi connectivity index (χ4v) is 2.24. The number of nitrogens with zero attached hydrogens (tertiary/aromatic N) is 6. The molecular formula is C17H11F3N6O3. The summed E-state index contributed by atoms with van der Waals surface area (Å²) in [6.07, 6.45) is -3.34. The van der Waals surface area contributed by atoms with Gasteiger partial charge in [-0.25, -0.2) is 9.67 Å². The average molecular weight is 404 g/mol. The molecular weight excluding hydrogens is 393 g/mol. The van der Waals surface area contributed by atoms with Crippen LogP contribution in [-0.4, -0.2) is 33.6 Å². The molecule has 0 saturated heterocycles. The second-order valence-corrected chi connectivity index (χ2v) is 5.45. The smallest absolute Gasteiger partial charge is 0.486 e. The van der Waals surface area contributed by atoms with Crippen molar-refractivity contribution in [3.63, 3.8) is 0 Å². The molecule has 29 heavy (non-hydrogen) atoms. The van der Waals surface area contributed by atoms with Gasteiger partial charge >= 0.3 is 6.36 Å². The van der Waals surface area contributed by atoms with Crippen LogP contribution < -0.4 is 9.47 Å². The summed E-state index contributed by atoms with van der Waals surface area (Å²) in [5.74, 6) is -0.327. The van der Waals surface area contributed by atoms with E-state index in [1.165, 1.54) is 35.3 Å². The Hall–Kier alpha value is -4.05. The topological polar surface area (TPSA) is 115 Å². The monoisotopic (exact) mass is 404 g/mol. The lowest BCUT2D eigenvalue weighted by atomic mass is 10.2. The number of carbonyl (C=O) groups excluding carboxylic acids is 1. The van der Waals surface area contributed by atoms with E-state index in [1.807, 2.05) is 0 Å². The fraction of sp³-hybridized carbons (Fsp3) is 0.118. The molecule has 148 valence electrons. The minimum Gasteiger partial charge on any atom is -0.486 e. The summed E-state index contributed by atoms with van der Waals surface area (Å²) in [7, 11) is 0. The lowest BCUT2D eigenvalue weighted by Crippen LogP contribution is -2.17. The maximum atomic E-state index is 12.2. The number of ether oxygens (including phenoxy) is 2. The number of amides is 1. The van der Waals surface area contributed by atoms with E-state index in [0.29, 0.717) is 22.8 Å². The van der Waals surface area contributed by atoms with Crippen molar-refractivity contribution in [2.75, 3.05) is 6.61 Å². The SMILES string of the molecule is [N-]=[N+]=NC(=O)COc1ccc(-c2ncn(-c3ccc(OC(F)(F)F)cc3)n2)cc1. The van der Waals surface area contributed by atoms with E-state index >= 15 is 0 Å². The highest BCUT2D eigenvalue weighted by Crippen LogP contribution is 2.24. The lowest BCUT2D eigenvalue weighted by Gasteiger charge is -2.09. The molecule has 0 spiro atoms. The van der Waals surface area contributed by atoms with Gasteiger partial charge in [0.05, 0.1) is 5.69 Å². The van der Waals surface area contributed by atoms with Crippen molar-refractivity contribution < 1.29 is 27.4 Å². The Labute approximate surface area is 160 Å². The second-order valence-electron chi connectivity index (χ2n) is 5.45. The van der Waals surface area contributed by atoms with Gasteiger partial charge in [-0.1, -0.05) is 0 Å². The summed E-state index contributed by atoms with van der Waals surface area (Å²) in [6.45, 7) is -0.385. The van der Waals surface area contributed by atoms with Gasteiger partial charge in [0.15, 0.2) is 12.4 Å². The summed E-state index contributed by atoms with van der Waals surface area (Å²) in [5, 5.41) is 7.17. The Balaban J connectivity index is 1.68. The van der Waals surface area contributed by atoms with E-state index in [4.69, 9.17) is 10.3 Å². The van der Waals surface area contributed by atoms with Crippen LogP contribution in [0.1, 0.15) is 0 Å². The number of benzene rings is 2. The van der Waals surface area contributed by atoms with Crippen LogP contribution >= 0.6 is 0 Å². The van der Waals surface area contributed by atoms with E-state index < -0.39 is 12.3 Å². The maximum Gasteiger partial charge on any atom is 0.573 e. The van der Waals surface area contributed by atoms with Crippen LogP contribution in [0, 0.1) is 0 Å². The third-order valence-corrected chi connectivity index (χ3v) is 3.46. The second kappa shape index (κ2) is 8.31. The minimum absolute atomic E-state index is 0.337. The van der Waals surface area contributed by atoms with Gasteiger partial charge < -0.3 is 9.47 Å². The number of azide groups is 1. The third-order valence-electron chi connectivity index (χ3n) is 3.46. The summed E-state index contributed by atoms with van der Waals surface area (Å²) < 4.78 is 47.0. The fourth-order valence-electron chi connectivity index (χ4n) is 2.24. The zero-order chi connectivity index (χ0) is 20.9. The van der Waals surface area contributed by atoms with Gasteiger partial charge in [0.25, 0.3) is 5.91 Å². The van der Waals surface area contributed by atoms with Crippen molar-refractivity contribution in [2.45, 2.75) is 6.36 Å². The largest absolute Gasteiger partial charge is 0.573 e. The molecule has 0 aliphatic carbocycles. The molecule has 0 fully saturated rings. The molecule has 0 aliphatic rings. The molecule has 1 amide bonds. The molecule has 0 atom stereocenters. The highest BCUT2D eigenvalue weighted by molar-refractivity contribution is 5.78. The Morgan fingerprint density at radius 1 is 1.10 bits per heavy atom. The number of halogens is 3. The van der Waals surface area contributed by atoms with Crippen LogP contribution in [0.3, 0.4) is 0 Å². The van der Waals surface area contributed by atoms with E-state index in [9.17, 15) is 18.0 Å². The number of aromatic nitrogens is 3. The van der Waals surface area contributed by atoms with E-state index in [0.717, 1.165) is 0 Å². The maximum absolute atomic E-state index is 12.2. The first-order chi connectivity index (χ1) is 13.8. The molecule has 1 aromatic heterocycles. The molecule has 0 bridgehead atoms. The highest BCUT2D eigenvalue weighted by Gasteiger charge is 2.30. The zero-order valence-electron chi connectivity index (χ0n) is 14.4. The molecule has 3 rings (SSSR count).